The van der Waals surface area contributed by atoms with Gasteiger partial charge in [-0.15, -0.1) is 10.2 Å². The van der Waals surface area contributed by atoms with Gasteiger partial charge in [-0.2, -0.15) is 0 Å². The molecule has 3 rings (SSSR count). The number of nitrogens with zero attached hydrogens (tertiary/aromatic N) is 2. The van der Waals surface area contributed by atoms with E-state index in [1.807, 2.05) is 50.2 Å². The molecule has 0 radical (unpaired) electrons. The molecule has 0 aliphatic rings. The number of aryl methyl sites for hydroxylation is 2. The highest BCUT2D eigenvalue weighted by atomic mass is 32.1. The quantitative estimate of drug-likeness (QED) is 0.460. The zero-order valence-corrected chi connectivity index (χ0v) is 13.6. The minimum absolute atomic E-state index is 0.0238. The highest BCUT2D eigenvalue weighted by molar-refractivity contribution is 7.80. The molecule has 0 bridgehead atoms. The minimum atomic E-state index is -0.0238. The molecule has 3 N–H and O–H groups in total. The summed E-state index contributed by atoms with van der Waals surface area (Å²) in [5, 5.41) is 22.1. The Balaban J connectivity index is 1.81. The molecule has 0 amide bonds. The van der Waals surface area contributed by atoms with Gasteiger partial charge in [0.25, 0.3) is 0 Å². The monoisotopic (exact) mass is 324 g/mol. The topological polar surface area (TPSA) is 72.8 Å². The molecule has 1 aromatic heterocycles. The van der Waals surface area contributed by atoms with Gasteiger partial charge in [0.2, 0.25) is 11.0 Å². The maximum Gasteiger partial charge on any atom is 0.218 e. The van der Waals surface area contributed by atoms with Crippen LogP contribution in [0.2, 0.25) is 0 Å². The smallest absolute Gasteiger partial charge is 0.218 e. The van der Waals surface area contributed by atoms with Gasteiger partial charge in [0.1, 0.15) is 0 Å². The van der Waals surface area contributed by atoms with Crippen LogP contribution in [0.15, 0.2) is 52.7 Å². The van der Waals surface area contributed by atoms with E-state index in [-0.39, 0.29) is 11.0 Å². The fourth-order valence-corrected chi connectivity index (χ4v) is 2.55. The van der Waals surface area contributed by atoms with Gasteiger partial charge < -0.3 is 15.4 Å². The Morgan fingerprint density at radius 2 is 1.96 bits per heavy atom. The lowest BCUT2D eigenvalue weighted by atomic mass is 10.1. The molecule has 6 heteroatoms. The largest absolute Gasteiger partial charge is 0.493 e. The molecule has 0 saturated heterocycles. The van der Waals surface area contributed by atoms with Crippen LogP contribution in [-0.4, -0.2) is 15.2 Å². The second-order valence-electron chi connectivity index (χ2n) is 5.32. The molecule has 23 heavy (non-hydrogen) atoms. The summed E-state index contributed by atoms with van der Waals surface area (Å²) in [5.41, 5.74) is 4.34. The maximum atomic E-state index is 9.94. The van der Waals surface area contributed by atoms with Crippen molar-refractivity contribution in [2.75, 3.05) is 5.32 Å². The highest BCUT2D eigenvalue weighted by Gasteiger charge is 2.09. The number of benzene rings is 2. The summed E-state index contributed by atoms with van der Waals surface area (Å²) in [6, 6.07) is 13.5. The van der Waals surface area contributed by atoms with Gasteiger partial charge in [-0.1, -0.05) is 35.9 Å². The fourth-order valence-electron chi connectivity index (χ4n) is 2.40. The number of fused-ring (bicyclic) bond motifs is 1. The average Bonchev–Trinajstić information content (AvgIpc) is 2.83. The number of rotatable bonds is 2. The van der Waals surface area contributed by atoms with Crippen molar-refractivity contribution in [3.05, 3.63) is 53.6 Å². The van der Waals surface area contributed by atoms with E-state index in [1.165, 1.54) is 5.56 Å². The van der Waals surface area contributed by atoms with Crippen molar-refractivity contribution in [3.8, 4) is 5.88 Å². The lowest BCUT2D eigenvalue weighted by Gasteiger charge is -2.07. The summed E-state index contributed by atoms with van der Waals surface area (Å²) in [7, 11) is 0. The summed E-state index contributed by atoms with van der Waals surface area (Å²) >= 11 is 5.20. The fraction of sp³-hybridized carbons (Fsp3) is 0.118. The number of thiocarbonyl (C=S) groups is 1. The lowest BCUT2D eigenvalue weighted by Crippen LogP contribution is -2.06. The van der Waals surface area contributed by atoms with Crippen LogP contribution in [0.4, 0.5) is 11.4 Å². The van der Waals surface area contributed by atoms with Crippen molar-refractivity contribution in [2.24, 2.45) is 10.2 Å². The molecule has 0 aliphatic carbocycles. The summed E-state index contributed by atoms with van der Waals surface area (Å²) in [5.74, 6) is -0.0238. The predicted octanol–water partition coefficient (Wildman–Crippen LogP) is 4.97. The van der Waals surface area contributed by atoms with Crippen molar-refractivity contribution in [3.63, 3.8) is 0 Å². The lowest BCUT2D eigenvalue weighted by molar-refractivity contribution is 0.459. The van der Waals surface area contributed by atoms with E-state index in [4.69, 9.17) is 12.2 Å². The molecule has 0 unspecified atom stereocenters. The van der Waals surface area contributed by atoms with Gasteiger partial charge in [-0.25, -0.2) is 0 Å². The first-order chi connectivity index (χ1) is 11.0. The molecular weight excluding hydrogens is 308 g/mol. The van der Waals surface area contributed by atoms with Crippen LogP contribution in [0.1, 0.15) is 11.1 Å². The van der Waals surface area contributed by atoms with E-state index >= 15 is 0 Å². The third-order valence-electron chi connectivity index (χ3n) is 3.52. The average molecular weight is 324 g/mol. The van der Waals surface area contributed by atoms with Crippen LogP contribution in [0.25, 0.3) is 10.9 Å². The molecule has 0 spiro atoms. The van der Waals surface area contributed by atoms with Crippen molar-refractivity contribution < 1.29 is 5.11 Å². The number of azo groups is 1. The Morgan fingerprint density at radius 3 is 2.74 bits per heavy atom. The molecule has 0 atom stereocenters. The van der Waals surface area contributed by atoms with E-state index in [2.05, 4.69) is 26.6 Å². The number of hydrogen-bond donors (Lipinski definition) is 3. The van der Waals surface area contributed by atoms with Gasteiger partial charge in [0.15, 0.2) is 5.69 Å². The molecule has 0 aliphatic heterocycles. The minimum Gasteiger partial charge on any atom is -0.493 e. The number of H-pyrrole nitrogens is 1. The Hall–Kier alpha value is -2.73. The number of aromatic hydroxyl groups is 1. The second kappa shape index (κ2) is 6.18. The molecule has 3 aromatic rings. The second-order valence-corrected chi connectivity index (χ2v) is 5.70. The third kappa shape index (κ3) is 3.22. The van der Waals surface area contributed by atoms with Crippen LogP contribution in [-0.2, 0) is 0 Å². The summed E-state index contributed by atoms with van der Waals surface area (Å²) < 4.78 is 0. The van der Waals surface area contributed by atoms with Crippen LogP contribution < -0.4 is 5.32 Å². The third-order valence-corrected chi connectivity index (χ3v) is 3.71. The van der Waals surface area contributed by atoms with E-state index in [0.29, 0.717) is 5.69 Å². The van der Waals surface area contributed by atoms with Gasteiger partial charge in [0, 0.05) is 11.1 Å². The van der Waals surface area contributed by atoms with Crippen LogP contribution in [0.3, 0.4) is 0 Å². The van der Waals surface area contributed by atoms with Crippen molar-refractivity contribution >= 4 is 39.6 Å². The summed E-state index contributed by atoms with van der Waals surface area (Å²) in [4.78, 5) is 2.85. The standard InChI is InChI=1S/C17H16N4OS/c1-10-7-8-13(11(2)9-10)19-17(23)21-20-15-12-5-3-4-6-14(12)18-16(15)22/h3-9,18,22H,1-2H3,(H,19,23). The van der Waals surface area contributed by atoms with Crippen LogP contribution >= 0.6 is 12.2 Å². The Morgan fingerprint density at radius 1 is 1.17 bits per heavy atom. The Bertz CT molecular complexity index is 914. The maximum absolute atomic E-state index is 9.94. The van der Waals surface area contributed by atoms with Crippen molar-refractivity contribution in [1.29, 1.82) is 0 Å². The molecule has 116 valence electrons. The van der Waals surface area contributed by atoms with Crippen LogP contribution in [0.5, 0.6) is 5.88 Å². The SMILES string of the molecule is Cc1ccc(NC(=S)N=Nc2c(O)[nH]c3ccccc23)c(C)c1. The van der Waals surface area contributed by atoms with Crippen molar-refractivity contribution in [1.82, 2.24) is 4.98 Å². The predicted molar refractivity (Wildman–Crippen MR) is 96.6 cm³/mol. The first-order valence-corrected chi connectivity index (χ1v) is 7.55. The van der Waals surface area contributed by atoms with Gasteiger partial charge in [-0.3, -0.25) is 0 Å². The normalized spacial score (nSPS) is 11.2. The van der Waals surface area contributed by atoms with Crippen LogP contribution in [0, 0.1) is 13.8 Å². The number of nitrogens with one attached hydrogen (secondary N) is 2. The first-order valence-electron chi connectivity index (χ1n) is 7.14. The van der Waals surface area contributed by atoms with E-state index in [0.717, 1.165) is 22.2 Å². The Labute approximate surface area is 139 Å². The van der Waals surface area contributed by atoms with Gasteiger partial charge >= 0.3 is 0 Å². The number of anilines is 1. The number of aromatic amines is 1. The molecule has 1 heterocycles. The first kappa shape index (κ1) is 15.2. The highest BCUT2D eigenvalue weighted by Crippen LogP contribution is 2.35. The molecular formula is C17H16N4OS. The molecule has 2 aromatic carbocycles. The number of para-hydroxylation sites is 1. The van der Waals surface area contributed by atoms with Gasteiger partial charge in [0.05, 0.1) is 5.52 Å². The molecule has 0 saturated carbocycles. The Kier molecular flexibility index (Phi) is 4.08. The van der Waals surface area contributed by atoms with Gasteiger partial charge in [-0.05, 0) is 43.8 Å². The van der Waals surface area contributed by atoms with E-state index in [1.54, 1.807) is 0 Å². The molecule has 0 fully saturated rings. The molecule has 5 nitrogen and oxygen atoms in total. The zero-order valence-electron chi connectivity index (χ0n) is 12.8. The van der Waals surface area contributed by atoms with E-state index in [9.17, 15) is 5.11 Å². The summed E-state index contributed by atoms with van der Waals surface area (Å²) in [6.07, 6.45) is 0. The summed E-state index contributed by atoms with van der Waals surface area (Å²) in [6.45, 7) is 4.04. The zero-order chi connectivity index (χ0) is 16.4. The van der Waals surface area contributed by atoms with Crippen molar-refractivity contribution in [2.45, 2.75) is 13.8 Å². The number of aromatic nitrogens is 1. The number of hydrogen-bond acceptors (Lipinski definition) is 3. The van der Waals surface area contributed by atoms with E-state index < -0.39 is 0 Å².